The summed E-state index contributed by atoms with van der Waals surface area (Å²) in [6.45, 7) is 2.75. The highest BCUT2D eigenvalue weighted by Crippen LogP contribution is 2.31. The molecule has 5 heteroatoms. The smallest absolute Gasteiger partial charge is 0.209 e. The van der Waals surface area contributed by atoms with Crippen LogP contribution in [-0.4, -0.2) is 16.0 Å². The van der Waals surface area contributed by atoms with E-state index in [2.05, 4.69) is 17.1 Å². The molecule has 5 nitrogen and oxygen atoms in total. The molecule has 2 heterocycles. The van der Waals surface area contributed by atoms with Gasteiger partial charge >= 0.3 is 0 Å². The first-order chi connectivity index (χ1) is 10.3. The van der Waals surface area contributed by atoms with Crippen molar-refractivity contribution in [2.75, 3.05) is 6.61 Å². The molecule has 0 aliphatic carbocycles. The van der Waals surface area contributed by atoms with Gasteiger partial charge in [-0.2, -0.15) is 0 Å². The number of fused-ring (bicyclic) bond motifs is 1. The first-order valence-electron chi connectivity index (χ1n) is 6.87. The number of ether oxygens (including phenoxy) is 1. The van der Waals surface area contributed by atoms with Crippen LogP contribution in [-0.2, 0) is 0 Å². The molecule has 0 fully saturated rings. The van der Waals surface area contributed by atoms with Crippen molar-refractivity contribution in [1.29, 1.82) is 0 Å². The summed E-state index contributed by atoms with van der Waals surface area (Å²) in [5, 5.41) is 3.13. The van der Waals surface area contributed by atoms with E-state index in [0.29, 0.717) is 23.8 Å². The number of nitrogens with zero attached hydrogens (tertiary/aromatic N) is 3. The number of aromatic nitrogens is 2. The van der Waals surface area contributed by atoms with Gasteiger partial charge in [0.15, 0.2) is 0 Å². The molecule has 106 valence electrons. The van der Waals surface area contributed by atoms with Crippen LogP contribution in [0.1, 0.15) is 13.3 Å². The van der Waals surface area contributed by atoms with Crippen LogP contribution >= 0.6 is 0 Å². The number of imidazole rings is 1. The minimum absolute atomic E-state index is 0.313. The molecule has 0 saturated heterocycles. The number of nitroso groups, excluding NO2 is 1. The van der Waals surface area contributed by atoms with Gasteiger partial charge in [0.1, 0.15) is 17.1 Å². The number of benzene rings is 1. The summed E-state index contributed by atoms with van der Waals surface area (Å²) in [5.41, 5.74) is 2.13. The van der Waals surface area contributed by atoms with Crippen molar-refractivity contribution in [3.05, 3.63) is 53.6 Å². The summed E-state index contributed by atoms with van der Waals surface area (Å²) >= 11 is 0. The van der Waals surface area contributed by atoms with Gasteiger partial charge in [-0.25, -0.2) is 4.98 Å². The zero-order valence-electron chi connectivity index (χ0n) is 11.7. The maximum absolute atomic E-state index is 11.1. The topological polar surface area (TPSA) is 56.0 Å². The Hall–Kier alpha value is -2.69. The van der Waals surface area contributed by atoms with Crippen molar-refractivity contribution < 1.29 is 4.74 Å². The van der Waals surface area contributed by atoms with Gasteiger partial charge < -0.3 is 4.74 Å². The van der Waals surface area contributed by atoms with Gasteiger partial charge in [0.05, 0.1) is 6.61 Å². The largest absolute Gasteiger partial charge is 0.494 e. The molecule has 0 N–H and O–H groups in total. The van der Waals surface area contributed by atoms with E-state index in [9.17, 15) is 4.91 Å². The Labute approximate surface area is 122 Å². The van der Waals surface area contributed by atoms with Gasteiger partial charge in [0.2, 0.25) is 5.82 Å². The summed E-state index contributed by atoms with van der Waals surface area (Å²) in [7, 11) is 0. The van der Waals surface area contributed by atoms with Crippen molar-refractivity contribution >= 4 is 11.5 Å². The maximum Gasteiger partial charge on any atom is 0.209 e. The molecule has 0 aliphatic heterocycles. The molecule has 0 amide bonds. The predicted molar refractivity (Wildman–Crippen MR) is 81.9 cm³/mol. The minimum atomic E-state index is 0.313. The fraction of sp³-hybridized carbons (Fsp3) is 0.188. The van der Waals surface area contributed by atoms with Crippen LogP contribution in [0.3, 0.4) is 0 Å². The second-order valence-electron chi connectivity index (χ2n) is 4.68. The van der Waals surface area contributed by atoms with Gasteiger partial charge in [-0.15, -0.1) is 4.91 Å². The van der Waals surface area contributed by atoms with Crippen LogP contribution in [0, 0.1) is 4.91 Å². The predicted octanol–water partition coefficient (Wildman–Crippen LogP) is 4.19. The molecule has 1 aromatic carbocycles. The van der Waals surface area contributed by atoms with Crippen LogP contribution in [0.25, 0.3) is 16.9 Å². The summed E-state index contributed by atoms with van der Waals surface area (Å²) in [6.07, 6.45) is 2.74. The van der Waals surface area contributed by atoms with E-state index in [1.54, 1.807) is 10.6 Å². The lowest BCUT2D eigenvalue weighted by Gasteiger charge is -2.04. The second kappa shape index (κ2) is 5.75. The van der Waals surface area contributed by atoms with Crippen molar-refractivity contribution in [3.8, 4) is 17.0 Å². The first kappa shape index (κ1) is 13.3. The van der Waals surface area contributed by atoms with E-state index in [-0.39, 0.29) is 0 Å². The zero-order valence-corrected chi connectivity index (χ0v) is 11.7. The third kappa shape index (κ3) is 2.50. The molecule has 21 heavy (non-hydrogen) atoms. The first-order valence-corrected chi connectivity index (χ1v) is 6.87. The van der Waals surface area contributed by atoms with Crippen molar-refractivity contribution in [3.63, 3.8) is 0 Å². The number of hydrogen-bond acceptors (Lipinski definition) is 4. The highest BCUT2D eigenvalue weighted by atomic mass is 16.5. The van der Waals surface area contributed by atoms with Gasteiger partial charge in [-0.05, 0) is 48.0 Å². The molecule has 0 saturated carbocycles. The molecule has 0 atom stereocenters. The van der Waals surface area contributed by atoms with E-state index < -0.39 is 0 Å². The summed E-state index contributed by atoms with van der Waals surface area (Å²) in [5.74, 6) is 1.12. The van der Waals surface area contributed by atoms with Gasteiger partial charge in [0.25, 0.3) is 0 Å². The molecule has 2 aromatic heterocycles. The van der Waals surface area contributed by atoms with Crippen molar-refractivity contribution in [1.82, 2.24) is 9.38 Å². The van der Waals surface area contributed by atoms with Crippen LogP contribution in [0.2, 0.25) is 0 Å². The molecule has 3 rings (SSSR count). The quantitative estimate of drug-likeness (QED) is 0.659. The SMILES string of the molecule is CCCOc1ccc(-c2nc3ccccn3c2N=O)cc1. The molecule has 0 aliphatic rings. The van der Waals surface area contributed by atoms with E-state index >= 15 is 0 Å². The van der Waals surface area contributed by atoms with Gasteiger partial charge in [-0.3, -0.25) is 4.40 Å². The monoisotopic (exact) mass is 281 g/mol. The number of rotatable bonds is 5. The fourth-order valence-corrected chi connectivity index (χ4v) is 2.19. The molecule has 0 radical (unpaired) electrons. The summed E-state index contributed by atoms with van der Waals surface area (Å²) in [6, 6.07) is 13.1. The number of pyridine rings is 1. The highest BCUT2D eigenvalue weighted by Gasteiger charge is 2.14. The van der Waals surface area contributed by atoms with Gasteiger partial charge in [-0.1, -0.05) is 13.0 Å². The Morgan fingerprint density at radius 2 is 2.00 bits per heavy atom. The standard InChI is InChI=1S/C16H15N3O2/c1-2-11-21-13-8-6-12(7-9-13)15-16(18-20)19-10-4-3-5-14(19)17-15/h3-10H,2,11H2,1H3. The van der Waals surface area contributed by atoms with E-state index in [0.717, 1.165) is 17.7 Å². The Morgan fingerprint density at radius 1 is 1.19 bits per heavy atom. The van der Waals surface area contributed by atoms with Crippen LogP contribution in [0.15, 0.2) is 53.8 Å². The second-order valence-corrected chi connectivity index (χ2v) is 4.68. The van der Waals surface area contributed by atoms with Gasteiger partial charge in [0, 0.05) is 11.8 Å². The molecule has 0 bridgehead atoms. The molecule has 0 spiro atoms. The van der Waals surface area contributed by atoms with E-state index in [1.165, 1.54) is 0 Å². The van der Waals surface area contributed by atoms with E-state index in [4.69, 9.17) is 4.74 Å². The molecular weight excluding hydrogens is 266 g/mol. The fourth-order valence-electron chi connectivity index (χ4n) is 2.19. The van der Waals surface area contributed by atoms with Crippen LogP contribution in [0.4, 0.5) is 5.82 Å². The summed E-state index contributed by atoms with van der Waals surface area (Å²) < 4.78 is 7.24. The lowest BCUT2D eigenvalue weighted by atomic mass is 10.1. The normalized spacial score (nSPS) is 10.7. The Kier molecular flexibility index (Phi) is 3.64. The van der Waals surface area contributed by atoms with E-state index in [1.807, 2.05) is 42.5 Å². The minimum Gasteiger partial charge on any atom is -0.494 e. The lowest BCUT2D eigenvalue weighted by Crippen LogP contribution is -1.94. The zero-order chi connectivity index (χ0) is 14.7. The maximum atomic E-state index is 11.1. The van der Waals surface area contributed by atoms with Crippen LogP contribution < -0.4 is 4.74 Å². The third-order valence-corrected chi connectivity index (χ3v) is 3.19. The van der Waals surface area contributed by atoms with Crippen molar-refractivity contribution in [2.24, 2.45) is 5.18 Å². The average Bonchev–Trinajstić information content (AvgIpc) is 2.92. The third-order valence-electron chi connectivity index (χ3n) is 3.19. The summed E-state index contributed by atoms with van der Waals surface area (Å²) in [4.78, 5) is 15.6. The molecule has 3 aromatic rings. The number of hydrogen-bond donors (Lipinski definition) is 0. The van der Waals surface area contributed by atoms with Crippen LogP contribution in [0.5, 0.6) is 5.75 Å². The lowest BCUT2D eigenvalue weighted by molar-refractivity contribution is 0.317. The molecular formula is C16H15N3O2. The average molecular weight is 281 g/mol. The Bertz CT molecular complexity index is 763. The highest BCUT2D eigenvalue weighted by molar-refractivity contribution is 5.74. The molecule has 0 unspecified atom stereocenters. The van der Waals surface area contributed by atoms with Crippen molar-refractivity contribution in [2.45, 2.75) is 13.3 Å². The Morgan fingerprint density at radius 3 is 2.71 bits per heavy atom. The Balaban J connectivity index is 2.01.